The molecule has 2 N–H and O–H groups in total. The number of hydrogen-bond acceptors (Lipinski definition) is 3. The zero-order valence-corrected chi connectivity index (χ0v) is 12.6. The molecule has 1 unspecified atom stereocenters. The zero-order chi connectivity index (χ0) is 16.4. The minimum atomic E-state index is -1.62. The summed E-state index contributed by atoms with van der Waals surface area (Å²) in [6, 6.07) is 16.0. The van der Waals surface area contributed by atoms with Gasteiger partial charge in [0.25, 0.3) is 5.91 Å². The van der Waals surface area contributed by atoms with Crippen molar-refractivity contribution >= 4 is 23.3 Å². The number of benzene rings is 2. The van der Waals surface area contributed by atoms with Gasteiger partial charge in [-0.2, -0.15) is 0 Å². The van der Waals surface area contributed by atoms with E-state index in [4.69, 9.17) is 0 Å². The standard InChI is InChI=1S/C18H16N2O3/c1-12(21)20-18(11-13-7-3-2-4-8-13)16(22)14-9-5-6-10-15(14)19-17(18)23/h2-10H,11H2,1H3,(H,19,23)(H,20,21). The number of hydrogen-bond donors (Lipinski definition) is 2. The number of fused-ring (bicyclic) bond motifs is 1. The van der Waals surface area contributed by atoms with E-state index in [1.165, 1.54) is 6.92 Å². The van der Waals surface area contributed by atoms with Crippen LogP contribution in [0.3, 0.4) is 0 Å². The van der Waals surface area contributed by atoms with Gasteiger partial charge in [0.05, 0.1) is 5.69 Å². The Hall–Kier alpha value is -2.95. The lowest BCUT2D eigenvalue weighted by molar-refractivity contribution is -0.127. The van der Waals surface area contributed by atoms with E-state index in [9.17, 15) is 14.4 Å². The Morgan fingerprint density at radius 1 is 1.04 bits per heavy atom. The van der Waals surface area contributed by atoms with E-state index in [1.807, 2.05) is 30.3 Å². The van der Waals surface area contributed by atoms with E-state index < -0.39 is 23.1 Å². The molecule has 0 saturated carbocycles. The molecule has 0 spiro atoms. The van der Waals surface area contributed by atoms with Gasteiger partial charge in [-0.25, -0.2) is 0 Å². The van der Waals surface area contributed by atoms with Crippen molar-refractivity contribution in [3.63, 3.8) is 0 Å². The molecule has 0 radical (unpaired) electrons. The lowest BCUT2D eigenvalue weighted by Gasteiger charge is -2.36. The fourth-order valence-corrected chi connectivity index (χ4v) is 2.87. The number of carbonyl (C=O) groups is 3. The smallest absolute Gasteiger partial charge is 0.258 e. The van der Waals surface area contributed by atoms with Crippen LogP contribution in [-0.2, 0) is 16.0 Å². The Morgan fingerprint density at radius 2 is 1.70 bits per heavy atom. The number of anilines is 1. The lowest BCUT2D eigenvalue weighted by Crippen LogP contribution is -2.65. The summed E-state index contributed by atoms with van der Waals surface area (Å²) in [6.45, 7) is 1.30. The molecule has 1 heterocycles. The molecule has 0 aromatic heterocycles. The number of rotatable bonds is 3. The van der Waals surface area contributed by atoms with Crippen LogP contribution in [0, 0.1) is 0 Å². The van der Waals surface area contributed by atoms with Gasteiger partial charge in [-0.3, -0.25) is 14.4 Å². The summed E-state index contributed by atoms with van der Waals surface area (Å²) in [5.41, 5.74) is 0.0408. The minimum absolute atomic E-state index is 0.104. The SMILES string of the molecule is CC(=O)NC1(Cc2ccccc2)C(=O)Nc2ccccc2C1=O. The predicted molar refractivity (Wildman–Crippen MR) is 86.1 cm³/mol. The number of ketones is 1. The van der Waals surface area contributed by atoms with Gasteiger partial charge in [0, 0.05) is 18.9 Å². The van der Waals surface area contributed by atoms with Crippen LogP contribution in [0.5, 0.6) is 0 Å². The van der Waals surface area contributed by atoms with Crippen LogP contribution in [0.1, 0.15) is 22.8 Å². The predicted octanol–water partition coefficient (Wildman–Crippen LogP) is 1.94. The summed E-state index contributed by atoms with van der Waals surface area (Å²) in [5, 5.41) is 5.32. The van der Waals surface area contributed by atoms with E-state index in [0.717, 1.165) is 5.56 Å². The molecule has 1 atom stereocenters. The second kappa shape index (κ2) is 5.68. The number of para-hydroxylation sites is 1. The monoisotopic (exact) mass is 308 g/mol. The molecule has 0 fully saturated rings. The van der Waals surface area contributed by atoms with Crippen LogP contribution in [-0.4, -0.2) is 23.1 Å². The first-order valence-electron chi connectivity index (χ1n) is 7.31. The molecule has 116 valence electrons. The maximum atomic E-state index is 13.0. The Bertz CT molecular complexity index is 786. The highest BCUT2D eigenvalue weighted by Gasteiger charge is 2.50. The zero-order valence-electron chi connectivity index (χ0n) is 12.6. The molecule has 2 amide bonds. The summed E-state index contributed by atoms with van der Waals surface area (Å²) in [5.74, 6) is -1.33. The van der Waals surface area contributed by atoms with Gasteiger partial charge in [-0.05, 0) is 17.7 Å². The van der Waals surface area contributed by atoms with Gasteiger partial charge in [0.1, 0.15) is 0 Å². The first-order chi connectivity index (χ1) is 11.0. The second-order valence-corrected chi connectivity index (χ2v) is 5.58. The first kappa shape index (κ1) is 15.0. The van der Waals surface area contributed by atoms with Crippen LogP contribution < -0.4 is 10.6 Å². The number of nitrogens with one attached hydrogen (secondary N) is 2. The van der Waals surface area contributed by atoms with Crippen LogP contribution in [0.2, 0.25) is 0 Å². The molecular weight excluding hydrogens is 292 g/mol. The molecule has 0 bridgehead atoms. The number of carbonyl (C=O) groups excluding carboxylic acids is 3. The van der Waals surface area contributed by atoms with Crippen molar-refractivity contribution in [2.45, 2.75) is 18.9 Å². The fraction of sp³-hybridized carbons (Fsp3) is 0.167. The summed E-state index contributed by atoms with van der Waals surface area (Å²) in [6.07, 6.45) is 0.104. The molecule has 1 aliphatic heterocycles. The summed E-state index contributed by atoms with van der Waals surface area (Å²) in [4.78, 5) is 37.4. The maximum Gasteiger partial charge on any atom is 0.258 e. The quantitative estimate of drug-likeness (QED) is 0.851. The summed E-state index contributed by atoms with van der Waals surface area (Å²) < 4.78 is 0. The van der Waals surface area contributed by atoms with Crippen LogP contribution in [0.4, 0.5) is 5.69 Å². The molecule has 5 heteroatoms. The minimum Gasteiger partial charge on any atom is -0.335 e. The van der Waals surface area contributed by atoms with Crippen LogP contribution in [0.25, 0.3) is 0 Å². The van der Waals surface area contributed by atoms with Crippen molar-refractivity contribution in [2.75, 3.05) is 5.32 Å². The Kier molecular flexibility index (Phi) is 3.70. The Labute approximate surface area is 133 Å². The Morgan fingerprint density at radius 3 is 2.39 bits per heavy atom. The third kappa shape index (κ3) is 2.61. The summed E-state index contributed by atoms with van der Waals surface area (Å²) in [7, 11) is 0. The van der Waals surface area contributed by atoms with Gasteiger partial charge in [0.2, 0.25) is 5.91 Å². The topological polar surface area (TPSA) is 75.3 Å². The van der Waals surface area contributed by atoms with Crippen molar-refractivity contribution in [3.8, 4) is 0 Å². The van der Waals surface area contributed by atoms with E-state index in [-0.39, 0.29) is 6.42 Å². The molecular formula is C18H16N2O3. The first-order valence-corrected chi connectivity index (χ1v) is 7.31. The second-order valence-electron chi connectivity index (χ2n) is 5.58. The van der Waals surface area contributed by atoms with E-state index in [2.05, 4.69) is 10.6 Å². The largest absolute Gasteiger partial charge is 0.335 e. The summed E-state index contributed by atoms with van der Waals surface area (Å²) >= 11 is 0. The average Bonchev–Trinajstić information content (AvgIpc) is 2.53. The molecule has 5 nitrogen and oxygen atoms in total. The van der Waals surface area contributed by atoms with Gasteiger partial charge in [-0.15, -0.1) is 0 Å². The van der Waals surface area contributed by atoms with E-state index in [0.29, 0.717) is 11.3 Å². The third-order valence-corrected chi connectivity index (χ3v) is 3.90. The van der Waals surface area contributed by atoms with Gasteiger partial charge < -0.3 is 10.6 Å². The van der Waals surface area contributed by atoms with Crippen molar-refractivity contribution in [1.29, 1.82) is 0 Å². The van der Waals surface area contributed by atoms with Gasteiger partial charge >= 0.3 is 0 Å². The normalized spacial score (nSPS) is 19.7. The van der Waals surface area contributed by atoms with Crippen LogP contribution >= 0.6 is 0 Å². The van der Waals surface area contributed by atoms with Gasteiger partial charge in [0.15, 0.2) is 11.3 Å². The molecule has 3 rings (SSSR count). The molecule has 0 aliphatic carbocycles. The van der Waals surface area contributed by atoms with Crippen molar-refractivity contribution < 1.29 is 14.4 Å². The average molecular weight is 308 g/mol. The fourth-order valence-electron chi connectivity index (χ4n) is 2.87. The number of Topliss-reactive ketones (excluding diaryl/α,β-unsaturated/α-hetero) is 1. The molecule has 0 saturated heterocycles. The molecule has 23 heavy (non-hydrogen) atoms. The highest BCUT2D eigenvalue weighted by molar-refractivity contribution is 6.28. The number of amides is 2. The molecule has 2 aromatic carbocycles. The van der Waals surface area contributed by atoms with Crippen molar-refractivity contribution in [1.82, 2.24) is 5.32 Å². The molecule has 1 aliphatic rings. The van der Waals surface area contributed by atoms with E-state index >= 15 is 0 Å². The molecule has 2 aromatic rings. The highest BCUT2D eigenvalue weighted by Crippen LogP contribution is 2.30. The van der Waals surface area contributed by atoms with Gasteiger partial charge in [-0.1, -0.05) is 42.5 Å². The lowest BCUT2D eigenvalue weighted by atomic mass is 9.79. The Balaban J connectivity index is 2.10. The van der Waals surface area contributed by atoms with Crippen LogP contribution in [0.15, 0.2) is 54.6 Å². The van der Waals surface area contributed by atoms with Crippen molar-refractivity contribution in [2.24, 2.45) is 0 Å². The maximum absolute atomic E-state index is 13.0. The third-order valence-electron chi connectivity index (χ3n) is 3.90. The van der Waals surface area contributed by atoms with E-state index in [1.54, 1.807) is 24.3 Å². The highest BCUT2D eigenvalue weighted by atomic mass is 16.2. The van der Waals surface area contributed by atoms with Crippen molar-refractivity contribution in [3.05, 3.63) is 65.7 Å².